The van der Waals surface area contributed by atoms with Crippen molar-refractivity contribution in [1.82, 2.24) is 4.57 Å². The van der Waals surface area contributed by atoms with Crippen molar-refractivity contribution in [3.05, 3.63) is 30.0 Å². The van der Waals surface area contributed by atoms with E-state index in [0.717, 1.165) is 22.2 Å². The zero-order chi connectivity index (χ0) is 14.9. The second kappa shape index (κ2) is 5.48. The van der Waals surface area contributed by atoms with Gasteiger partial charge in [-0.2, -0.15) is 0 Å². The zero-order valence-electron chi connectivity index (χ0n) is 12.1. The molecule has 0 fully saturated rings. The third-order valence-electron chi connectivity index (χ3n) is 2.83. The van der Waals surface area contributed by atoms with Crippen LogP contribution in [0.5, 0.6) is 5.75 Å². The molecule has 0 aliphatic rings. The van der Waals surface area contributed by atoms with E-state index in [1.165, 1.54) is 4.57 Å². The van der Waals surface area contributed by atoms with Crippen LogP contribution in [0.4, 0.5) is 4.79 Å². The van der Waals surface area contributed by atoms with Gasteiger partial charge in [-0.25, -0.2) is 4.79 Å². The number of hydrogen-bond donors (Lipinski definition) is 0. The first-order valence-corrected chi connectivity index (χ1v) is 7.45. The molecule has 2 aromatic rings. The maximum absolute atomic E-state index is 12.3. The molecule has 5 heteroatoms. The molecule has 0 radical (unpaired) electrons. The van der Waals surface area contributed by atoms with E-state index in [0.29, 0.717) is 5.33 Å². The quantitative estimate of drug-likeness (QED) is 0.764. The Morgan fingerprint density at radius 2 is 2.05 bits per heavy atom. The number of hydrogen-bond acceptors (Lipinski definition) is 3. The minimum absolute atomic E-state index is 0.375. The standard InChI is InChI=1S/C15H18BrNO3/c1-15(2,3)20-14(18)17-9-10(8-16)12-7-11(19-4)5-6-13(12)17/h5-7,9H,8H2,1-4H3. The van der Waals surface area contributed by atoms with E-state index < -0.39 is 5.60 Å². The number of halogens is 1. The third kappa shape index (κ3) is 2.98. The maximum Gasteiger partial charge on any atom is 0.419 e. The lowest BCUT2D eigenvalue weighted by Crippen LogP contribution is -2.26. The molecule has 0 unspecified atom stereocenters. The molecule has 20 heavy (non-hydrogen) atoms. The maximum atomic E-state index is 12.3. The summed E-state index contributed by atoms with van der Waals surface area (Å²) in [7, 11) is 1.62. The molecule has 0 atom stereocenters. The van der Waals surface area contributed by atoms with Crippen molar-refractivity contribution >= 4 is 32.9 Å². The summed E-state index contributed by atoms with van der Waals surface area (Å²) in [5.74, 6) is 0.765. The molecule has 1 heterocycles. The fraction of sp³-hybridized carbons (Fsp3) is 0.400. The van der Waals surface area contributed by atoms with Gasteiger partial charge in [0, 0.05) is 16.9 Å². The summed E-state index contributed by atoms with van der Waals surface area (Å²) in [5.41, 5.74) is 1.31. The van der Waals surface area contributed by atoms with Gasteiger partial charge in [0.15, 0.2) is 0 Å². The van der Waals surface area contributed by atoms with Crippen molar-refractivity contribution in [2.75, 3.05) is 7.11 Å². The molecule has 2 rings (SSSR count). The number of methoxy groups -OCH3 is 1. The molecule has 0 N–H and O–H groups in total. The van der Waals surface area contributed by atoms with Crippen molar-refractivity contribution in [3.63, 3.8) is 0 Å². The summed E-state index contributed by atoms with van der Waals surface area (Å²) >= 11 is 3.44. The number of aromatic nitrogens is 1. The van der Waals surface area contributed by atoms with E-state index in [1.807, 2.05) is 39.0 Å². The Balaban J connectivity index is 2.52. The molecule has 108 valence electrons. The van der Waals surface area contributed by atoms with Crippen LogP contribution in [0.1, 0.15) is 26.3 Å². The van der Waals surface area contributed by atoms with Gasteiger partial charge in [-0.15, -0.1) is 0 Å². The van der Waals surface area contributed by atoms with Crippen molar-refractivity contribution in [1.29, 1.82) is 0 Å². The molecule has 1 aromatic heterocycles. The summed E-state index contributed by atoms with van der Waals surface area (Å²) in [4.78, 5) is 12.3. The number of nitrogens with zero attached hydrogens (tertiary/aromatic N) is 1. The van der Waals surface area contributed by atoms with Crippen LogP contribution in [0.2, 0.25) is 0 Å². The highest BCUT2D eigenvalue weighted by Crippen LogP contribution is 2.28. The zero-order valence-corrected chi connectivity index (χ0v) is 13.7. The minimum atomic E-state index is -0.519. The molecule has 0 saturated heterocycles. The smallest absolute Gasteiger partial charge is 0.419 e. The van der Waals surface area contributed by atoms with Gasteiger partial charge >= 0.3 is 6.09 Å². The first-order chi connectivity index (χ1) is 9.35. The topological polar surface area (TPSA) is 40.5 Å². The van der Waals surface area contributed by atoms with E-state index in [-0.39, 0.29) is 6.09 Å². The lowest BCUT2D eigenvalue weighted by molar-refractivity contribution is 0.0544. The van der Waals surface area contributed by atoms with Gasteiger partial charge in [0.05, 0.1) is 12.6 Å². The van der Waals surface area contributed by atoms with Crippen LogP contribution < -0.4 is 4.74 Å². The number of ether oxygens (including phenoxy) is 2. The molecular weight excluding hydrogens is 322 g/mol. The van der Waals surface area contributed by atoms with Gasteiger partial charge in [-0.05, 0) is 44.5 Å². The van der Waals surface area contributed by atoms with Crippen molar-refractivity contribution < 1.29 is 14.3 Å². The second-order valence-corrected chi connectivity index (χ2v) is 6.08. The van der Waals surface area contributed by atoms with Crippen LogP contribution in [0, 0.1) is 0 Å². The minimum Gasteiger partial charge on any atom is -0.497 e. The van der Waals surface area contributed by atoms with Crippen LogP contribution in [-0.2, 0) is 10.1 Å². The summed E-state index contributed by atoms with van der Waals surface area (Å²) < 4.78 is 12.2. The number of carbonyl (C=O) groups is 1. The molecule has 0 bridgehead atoms. The Kier molecular flexibility index (Phi) is 4.09. The Bertz CT molecular complexity index is 640. The van der Waals surface area contributed by atoms with Crippen LogP contribution in [0.25, 0.3) is 10.9 Å². The summed E-state index contributed by atoms with van der Waals surface area (Å²) in [6.45, 7) is 5.56. The average Bonchev–Trinajstić information content (AvgIpc) is 2.74. The molecule has 0 aliphatic heterocycles. The SMILES string of the molecule is COc1ccc2c(c1)c(CBr)cn2C(=O)OC(C)(C)C. The summed E-state index contributed by atoms with van der Waals surface area (Å²) in [5, 5.41) is 1.64. The van der Waals surface area contributed by atoms with E-state index in [4.69, 9.17) is 9.47 Å². The fourth-order valence-electron chi connectivity index (χ4n) is 1.97. The molecule has 0 aliphatic carbocycles. The molecule has 4 nitrogen and oxygen atoms in total. The fourth-order valence-corrected chi connectivity index (χ4v) is 2.42. The summed E-state index contributed by atoms with van der Waals surface area (Å²) in [6.07, 6.45) is 1.42. The van der Waals surface area contributed by atoms with Gasteiger partial charge < -0.3 is 9.47 Å². The molecule has 0 saturated carbocycles. The van der Waals surface area contributed by atoms with Gasteiger partial charge in [0.2, 0.25) is 0 Å². The molecule has 0 spiro atoms. The van der Waals surface area contributed by atoms with Gasteiger partial charge in [-0.3, -0.25) is 4.57 Å². The van der Waals surface area contributed by atoms with Crippen LogP contribution in [-0.4, -0.2) is 23.4 Å². The van der Waals surface area contributed by atoms with E-state index in [1.54, 1.807) is 13.3 Å². The number of alkyl halides is 1. The monoisotopic (exact) mass is 339 g/mol. The van der Waals surface area contributed by atoms with Crippen molar-refractivity contribution in [2.24, 2.45) is 0 Å². The Hall–Kier alpha value is -1.49. The normalized spacial score (nSPS) is 11.7. The highest BCUT2D eigenvalue weighted by molar-refractivity contribution is 9.08. The largest absolute Gasteiger partial charge is 0.497 e. The first-order valence-electron chi connectivity index (χ1n) is 6.33. The highest BCUT2D eigenvalue weighted by atomic mass is 79.9. The molecule has 1 aromatic carbocycles. The number of carbonyl (C=O) groups excluding carboxylic acids is 1. The summed E-state index contributed by atoms with van der Waals surface area (Å²) in [6, 6.07) is 5.62. The lowest BCUT2D eigenvalue weighted by Gasteiger charge is -2.19. The van der Waals surface area contributed by atoms with Crippen LogP contribution >= 0.6 is 15.9 Å². The second-order valence-electron chi connectivity index (χ2n) is 5.52. The van der Waals surface area contributed by atoms with E-state index >= 15 is 0 Å². The third-order valence-corrected chi connectivity index (χ3v) is 3.43. The van der Waals surface area contributed by atoms with E-state index in [2.05, 4.69) is 15.9 Å². The predicted molar refractivity (Wildman–Crippen MR) is 82.8 cm³/mol. The number of rotatable bonds is 2. The molecule has 0 amide bonds. The molecular formula is C15H18BrNO3. The van der Waals surface area contributed by atoms with Crippen molar-refractivity contribution in [2.45, 2.75) is 31.7 Å². The van der Waals surface area contributed by atoms with Gasteiger partial charge in [0.1, 0.15) is 11.4 Å². The first kappa shape index (κ1) is 14.9. The number of benzene rings is 1. The van der Waals surface area contributed by atoms with Crippen LogP contribution in [0.3, 0.4) is 0 Å². The average molecular weight is 340 g/mol. The Morgan fingerprint density at radius 1 is 1.35 bits per heavy atom. The van der Waals surface area contributed by atoms with E-state index in [9.17, 15) is 4.79 Å². The Labute approximate surface area is 126 Å². The highest BCUT2D eigenvalue weighted by Gasteiger charge is 2.20. The predicted octanol–water partition coefficient (Wildman–Crippen LogP) is 4.33. The van der Waals surface area contributed by atoms with Crippen molar-refractivity contribution in [3.8, 4) is 5.75 Å². The Morgan fingerprint density at radius 3 is 2.60 bits per heavy atom. The van der Waals surface area contributed by atoms with Crippen LogP contribution in [0.15, 0.2) is 24.4 Å². The van der Waals surface area contributed by atoms with Gasteiger partial charge in [0.25, 0.3) is 0 Å². The lowest BCUT2D eigenvalue weighted by atomic mass is 10.2. The van der Waals surface area contributed by atoms with Gasteiger partial charge in [-0.1, -0.05) is 15.9 Å². The number of fused-ring (bicyclic) bond motifs is 1.